The van der Waals surface area contributed by atoms with Crippen molar-refractivity contribution in [3.63, 3.8) is 0 Å². The maximum Gasteiger partial charge on any atom is 0.264 e. The Morgan fingerprint density at radius 2 is 1.67 bits per heavy atom. The van der Waals surface area contributed by atoms with E-state index in [-0.39, 0.29) is 35.0 Å². The van der Waals surface area contributed by atoms with Crippen molar-refractivity contribution in [2.45, 2.75) is 44.2 Å². The third kappa shape index (κ3) is 7.17. The van der Waals surface area contributed by atoms with Crippen LogP contribution in [-0.2, 0) is 26.2 Å². The van der Waals surface area contributed by atoms with Gasteiger partial charge in [-0.2, -0.15) is 0 Å². The van der Waals surface area contributed by atoms with Crippen molar-refractivity contribution < 1.29 is 36.3 Å². The van der Waals surface area contributed by atoms with Crippen molar-refractivity contribution in [1.29, 1.82) is 0 Å². The molecule has 0 saturated heterocycles. The molecule has 12 heteroatoms. The lowest BCUT2D eigenvalue weighted by Gasteiger charge is -2.32. The van der Waals surface area contributed by atoms with Crippen LogP contribution in [0.15, 0.2) is 71.6 Å². The number of nitrogens with zero attached hydrogens (tertiary/aromatic N) is 2. The summed E-state index contributed by atoms with van der Waals surface area (Å²) in [4.78, 5) is 27.8. The lowest BCUT2D eigenvalue weighted by Crippen LogP contribution is -2.51. The minimum atomic E-state index is -4.42. The summed E-state index contributed by atoms with van der Waals surface area (Å²) < 4.78 is 68.3. The first kappa shape index (κ1) is 30.8. The Labute approximate surface area is 244 Å². The number of nitrogens with one attached hydrogen (secondary N) is 1. The van der Waals surface area contributed by atoms with Crippen molar-refractivity contribution >= 4 is 27.5 Å². The molecule has 42 heavy (non-hydrogen) atoms. The first-order chi connectivity index (χ1) is 20.1. The number of anilines is 1. The Morgan fingerprint density at radius 3 is 2.36 bits per heavy atom. The van der Waals surface area contributed by atoms with Crippen LogP contribution in [0.5, 0.6) is 11.5 Å². The molecule has 1 aliphatic heterocycles. The molecule has 0 saturated carbocycles. The van der Waals surface area contributed by atoms with Crippen LogP contribution in [0, 0.1) is 11.6 Å². The van der Waals surface area contributed by atoms with E-state index in [2.05, 4.69) is 5.32 Å². The van der Waals surface area contributed by atoms with Gasteiger partial charge < -0.3 is 19.7 Å². The summed E-state index contributed by atoms with van der Waals surface area (Å²) in [5.74, 6) is -1.79. The second kappa shape index (κ2) is 13.6. The number of halogens is 2. The predicted molar refractivity (Wildman–Crippen MR) is 153 cm³/mol. The van der Waals surface area contributed by atoms with Gasteiger partial charge in [0.1, 0.15) is 37.4 Å². The van der Waals surface area contributed by atoms with E-state index in [1.165, 1.54) is 55.5 Å². The predicted octanol–water partition coefficient (Wildman–Crippen LogP) is 4.26. The number of carbonyl (C=O) groups is 2. The second-order valence-corrected chi connectivity index (χ2v) is 11.6. The first-order valence-corrected chi connectivity index (χ1v) is 15.0. The van der Waals surface area contributed by atoms with Crippen LogP contribution in [0.1, 0.15) is 32.3 Å². The van der Waals surface area contributed by atoms with E-state index in [0.29, 0.717) is 18.9 Å². The average Bonchev–Trinajstić information content (AvgIpc) is 2.99. The lowest BCUT2D eigenvalue weighted by molar-refractivity contribution is -0.139. The molecular formula is C30H33F2N3O6S. The molecule has 3 aromatic carbocycles. The Balaban J connectivity index is 1.70. The highest BCUT2D eigenvalue weighted by Crippen LogP contribution is 2.34. The first-order valence-electron chi connectivity index (χ1n) is 13.6. The molecule has 0 radical (unpaired) electrons. The fourth-order valence-corrected chi connectivity index (χ4v) is 5.81. The van der Waals surface area contributed by atoms with Crippen LogP contribution in [0.3, 0.4) is 0 Å². The molecule has 1 N–H and O–H groups in total. The summed E-state index contributed by atoms with van der Waals surface area (Å²) in [6.45, 7) is 3.38. The summed E-state index contributed by atoms with van der Waals surface area (Å²) in [5, 5.41) is 2.77. The van der Waals surface area contributed by atoms with Crippen molar-refractivity contribution in [3.8, 4) is 11.5 Å². The highest BCUT2D eigenvalue weighted by molar-refractivity contribution is 7.92. The highest BCUT2D eigenvalue weighted by Gasteiger charge is 2.33. The van der Waals surface area contributed by atoms with E-state index < -0.39 is 46.1 Å². The quantitative estimate of drug-likeness (QED) is 0.311. The number of carbonyl (C=O) groups excluding carboxylic acids is 2. The van der Waals surface area contributed by atoms with Gasteiger partial charge in [-0.1, -0.05) is 31.5 Å². The monoisotopic (exact) mass is 601 g/mol. The summed E-state index contributed by atoms with van der Waals surface area (Å²) in [6.07, 6.45) is 1.57. The maximum atomic E-state index is 14.6. The van der Waals surface area contributed by atoms with Crippen molar-refractivity contribution in [1.82, 2.24) is 10.2 Å². The smallest absolute Gasteiger partial charge is 0.264 e. The van der Waals surface area contributed by atoms with Crippen LogP contribution in [0.2, 0.25) is 0 Å². The molecule has 1 atom stereocenters. The fourth-order valence-electron chi connectivity index (χ4n) is 4.38. The standard InChI is InChI=1S/C30H33F2N3O6S/c1-3-4-15-33-30(37)21(2)34(19-22-7-5-6-8-26(22)32)29(36)20-35(24-11-9-23(31)10-12-24)42(38,39)25-13-14-27-28(18-25)41-17-16-40-27/h5-14,18,21H,3-4,15-17,19-20H2,1-2H3,(H,33,37)/t21-/m0/s1. The van der Waals surface area contributed by atoms with Gasteiger partial charge in [0.25, 0.3) is 10.0 Å². The number of amides is 2. The molecule has 0 aromatic heterocycles. The molecule has 3 aromatic rings. The number of benzene rings is 3. The van der Waals surface area contributed by atoms with Gasteiger partial charge in [-0.15, -0.1) is 0 Å². The molecule has 2 amide bonds. The van der Waals surface area contributed by atoms with Crippen molar-refractivity contribution in [3.05, 3.63) is 83.9 Å². The molecule has 9 nitrogen and oxygen atoms in total. The summed E-state index contributed by atoms with van der Waals surface area (Å²) >= 11 is 0. The third-order valence-electron chi connectivity index (χ3n) is 6.79. The summed E-state index contributed by atoms with van der Waals surface area (Å²) in [7, 11) is -4.42. The normalized spacial score (nSPS) is 13.2. The van der Waals surface area contributed by atoms with Crippen LogP contribution in [0.4, 0.5) is 14.5 Å². The third-order valence-corrected chi connectivity index (χ3v) is 8.56. The molecule has 0 aliphatic carbocycles. The zero-order valence-corrected chi connectivity index (χ0v) is 24.2. The van der Waals surface area contributed by atoms with E-state index in [9.17, 15) is 26.8 Å². The minimum Gasteiger partial charge on any atom is -0.486 e. The molecular weight excluding hydrogens is 568 g/mol. The van der Waals surface area contributed by atoms with Gasteiger partial charge in [-0.3, -0.25) is 13.9 Å². The van der Waals surface area contributed by atoms with Crippen LogP contribution in [-0.4, -0.2) is 57.5 Å². The van der Waals surface area contributed by atoms with Gasteiger partial charge in [-0.05, 0) is 55.8 Å². The van der Waals surface area contributed by atoms with Gasteiger partial charge in [0.2, 0.25) is 11.8 Å². The number of hydrogen-bond acceptors (Lipinski definition) is 6. The molecule has 0 unspecified atom stereocenters. The topological polar surface area (TPSA) is 105 Å². The summed E-state index contributed by atoms with van der Waals surface area (Å²) in [6, 6.07) is 13.5. The van der Waals surface area contributed by atoms with E-state index in [0.717, 1.165) is 34.2 Å². The van der Waals surface area contributed by atoms with E-state index >= 15 is 0 Å². The Hall–Kier alpha value is -4.19. The molecule has 1 aliphatic rings. The number of hydrogen-bond donors (Lipinski definition) is 1. The van der Waals surface area contributed by atoms with Gasteiger partial charge in [0.15, 0.2) is 11.5 Å². The molecule has 0 bridgehead atoms. The van der Waals surface area contributed by atoms with Gasteiger partial charge in [0, 0.05) is 24.7 Å². The van der Waals surface area contributed by atoms with Crippen molar-refractivity contribution in [2.75, 3.05) is 30.6 Å². The molecule has 1 heterocycles. The maximum absolute atomic E-state index is 14.6. The molecule has 4 rings (SSSR count). The number of unbranched alkanes of at least 4 members (excludes halogenated alkanes) is 1. The van der Waals surface area contributed by atoms with Crippen LogP contribution in [0.25, 0.3) is 0 Å². The fraction of sp³-hybridized carbons (Fsp3) is 0.333. The Bertz CT molecular complexity index is 1520. The number of ether oxygens (including phenoxy) is 2. The van der Waals surface area contributed by atoms with E-state index in [1.807, 2.05) is 6.92 Å². The zero-order chi connectivity index (χ0) is 30.3. The lowest BCUT2D eigenvalue weighted by atomic mass is 10.1. The number of fused-ring (bicyclic) bond motifs is 1. The molecule has 0 fully saturated rings. The van der Waals surface area contributed by atoms with Crippen LogP contribution < -0.4 is 19.1 Å². The van der Waals surface area contributed by atoms with Gasteiger partial charge in [-0.25, -0.2) is 17.2 Å². The van der Waals surface area contributed by atoms with E-state index in [4.69, 9.17) is 9.47 Å². The van der Waals surface area contributed by atoms with E-state index in [1.54, 1.807) is 6.07 Å². The number of sulfonamides is 1. The zero-order valence-electron chi connectivity index (χ0n) is 23.4. The second-order valence-electron chi connectivity index (χ2n) is 9.73. The largest absolute Gasteiger partial charge is 0.486 e. The van der Waals surface area contributed by atoms with Gasteiger partial charge >= 0.3 is 0 Å². The van der Waals surface area contributed by atoms with Gasteiger partial charge in [0.05, 0.1) is 10.6 Å². The molecule has 0 spiro atoms. The van der Waals surface area contributed by atoms with Crippen LogP contribution >= 0.6 is 0 Å². The Morgan fingerprint density at radius 1 is 0.976 bits per heavy atom. The summed E-state index contributed by atoms with van der Waals surface area (Å²) in [5.41, 5.74) is 0.174. The SMILES string of the molecule is CCCCNC(=O)[C@H](C)N(Cc1ccccc1F)C(=O)CN(c1ccc(F)cc1)S(=O)(=O)c1ccc2c(c1)OCCO2. The van der Waals surface area contributed by atoms with Crippen molar-refractivity contribution in [2.24, 2.45) is 0 Å². The Kier molecular flexibility index (Phi) is 10.00. The molecule has 224 valence electrons. The highest BCUT2D eigenvalue weighted by atomic mass is 32.2. The average molecular weight is 602 g/mol. The minimum absolute atomic E-state index is 0.0190. The number of rotatable bonds is 12.